The summed E-state index contributed by atoms with van der Waals surface area (Å²) in [4.78, 5) is 28.2. The lowest BCUT2D eigenvalue weighted by atomic mass is 10.3. The fourth-order valence-electron chi connectivity index (χ4n) is 1.99. The Kier molecular flexibility index (Phi) is 4.25. The molecule has 0 atom stereocenters. The molecule has 0 unspecified atom stereocenters. The van der Waals surface area contributed by atoms with E-state index in [1.165, 1.54) is 23.2 Å². The molecule has 0 spiro atoms. The number of nitrogens with zero attached hydrogens (tertiary/aromatic N) is 2. The van der Waals surface area contributed by atoms with Crippen LogP contribution in [-0.2, 0) is 11.3 Å². The van der Waals surface area contributed by atoms with E-state index in [4.69, 9.17) is 16.0 Å². The predicted octanol–water partition coefficient (Wildman–Crippen LogP) is 2.80. The number of aromatic nitrogens is 2. The molecule has 0 radical (unpaired) electrons. The summed E-state index contributed by atoms with van der Waals surface area (Å²) in [6, 6.07) is 11.4. The van der Waals surface area contributed by atoms with Crippen LogP contribution in [0, 0.1) is 0 Å². The van der Waals surface area contributed by atoms with Gasteiger partial charge in [0.25, 0.3) is 5.56 Å². The van der Waals surface area contributed by atoms with E-state index in [2.05, 4.69) is 10.3 Å². The highest BCUT2D eigenvalue weighted by molar-refractivity contribution is 6.30. The highest BCUT2D eigenvalue weighted by Gasteiger charge is 2.08. The Bertz CT molecular complexity index is 870. The lowest BCUT2D eigenvalue weighted by Crippen LogP contribution is -2.27. The number of amides is 1. The number of carbonyl (C=O) groups is 1. The fraction of sp³-hybridized carbons (Fsp3) is 0.0625. The van der Waals surface area contributed by atoms with Gasteiger partial charge in [0.1, 0.15) is 12.2 Å². The molecule has 1 aromatic carbocycles. The fourth-order valence-corrected chi connectivity index (χ4v) is 2.12. The topological polar surface area (TPSA) is 77.1 Å². The van der Waals surface area contributed by atoms with Crippen molar-refractivity contribution in [3.05, 3.63) is 70.4 Å². The number of nitrogens with one attached hydrogen (secondary N) is 1. The molecule has 3 aromatic rings. The monoisotopic (exact) mass is 329 g/mol. The average molecular weight is 330 g/mol. The van der Waals surface area contributed by atoms with E-state index >= 15 is 0 Å². The number of hydrogen-bond acceptors (Lipinski definition) is 4. The van der Waals surface area contributed by atoms with Crippen LogP contribution in [0.15, 0.2) is 64.3 Å². The van der Waals surface area contributed by atoms with Gasteiger partial charge in [-0.15, -0.1) is 0 Å². The van der Waals surface area contributed by atoms with E-state index in [9.17, 15) is 9.59 Å². The van der Waals surface area contributed by atoms with Crippen LogP contribution in [0.2, 0.25) is 5.02 Å². The number of carbonyl (C=O) groups excluding carboxylic acids is 1. The van der Waals surface area contributed by atoms with E-state index in [0.29, 0.717) is 22.2 Å². The van der Waals surface area contributed by atoms with Crippen LogP contribution in [0.25, 0.3) is 11.5 Å². The number of halogens is 1. The quantitative estimate of drug-likeness (QED) is 0.798. The van der Waals surface area contributed by atoms with Crippen LogP contribution >= 0.6 is 11.6 Å². The number of anilines is 1. The number of hydrogen-bond donors (Lipinski definition) is 1. The molecule has 0 fully saturated rings. The van der Waals surface area contributed by atoms with Crippen molar-refractivity contribution in [2.24, 2.45) is 0 Å². The largest absolute Gasteiger partial charge is 0.463 e. The minimum atomic E-state index is -0.336. The highest BCUT2D eigenvalue weighted by Crippen LogP contribution is 2.15. The minimum Gasteiger partial charge on any atom is -0.463 e. The van der Waals surface area contributed by atoms with Gasteiger partial charge in [-0.2, -0.15) is 0 Å². The zero-order chi connectivity index (χ0) is 16.2. The zero-order valence-corrected chi connectivity index (χ0v) is 12.7. The van der Waals surface area contributed by atoms with Crippen LogP contribution in [0.3, 0.4) is 0 Å². The summed E-state index contributed by atoms with van der Waals surface area (Å²) in [5.41, 5.74) is 0.694. The third kappa shape index (κ3) is 3.67. The Labute approximate surface area is 136 Å². The van der Waals surface area contributed by atoms with Crippen molar-refractivity contribution >= 4 is 23.2 Å². The second-order valence-corrected chi connectivity index (χ2v) is 5.21. The summed E-state index contributed by atoms with van der Waals surface area (Å²) in [6.45, 7) is -0.132. The third-order valence-corrected chi connectivity index (χ3v) is 3.35. The maximum Gasteiger partial charge on any atom is 0.254 e. The molecule has 0 bridgehead atoms. The lowest BCUT2D eigenvalue weighted by molar-refractivity contribution is -0.116. The molecule has 116 valence electrons. The highest BCUT2D eigenvalue weighted by atomic mass is 35.5. The van der Waals surface area contributed by atoms with Gasteiger partial charge in [0.2, 0.25) is 5.91 Å². The van der Waals surface area contributed by atoms with E-state index in [-0.39, 0.29) is 18.0 Å². The SMILES string of the molecule is O=C(Cn1cnc(-c2ccco2)cc1=O)Nc1ccc(Cl)cc1. The van der Waals surface area contributed by atoms with Crippen LogP contribution in [0.1, 0.15) is 0 Å². The van der Waals surface area contributed by atoms with Gasteiger partial charge >= 0.3 is 0 Å². The van der Waals surface area contributed by atoms with Crippen molar-refractivity contribution in [3.63, 3.8) is 0 Å². The normalized spacial score (nSPS) is 10.5. The van der Waals surface area contributed by atoms with Crippen LogP contribution in [-0.4, -0.2) is 15.5 Å². The zero-order valence-electron chi connectivity index (χ0n) is 11.9. The van der Waals surface area contributed by atoms with Gasteiger partial charge < -0.3 is 9.73 Å². The first-order chi connectivity index (χ1) is 11.1. The summed E-state index contributed by atoms with van der Waals surface area (Å²) >= 11 is 5.78. The standard InChI is InChI=1S/C16H12ClN3O3/c17-11-3-5-12(6-4-11)19-15(21)9-20-10-18-13(8-16(20)22)14-2-1-7-23-14/h1-8,10H,9H2,(H,19,21). The predicted molar refractivity (Wildman–Crippen MR) is 86.3 cm³/mol. The van der Waals surface area contributed by atoms with E-state index in [0.717, 1.165) is 0 Å². The smallest absolute Gasteiger partial charge is 0.254 e. The first kappa shape index (κ1) is 15.1. The molecule has 0 saturated heterocycles. The molecule has 2 heterocycles. The lowest BCUT2D eigenvalue weighted by Gasteiger charge is -2.07. The van der Waals surface area contributed by atoms with Gasteiger partial charge in [-0.3, -0.25) is 14.2 Å². The van der Waals surface area contributed by atoms with E-state index in [1.807, 2.05) is 0 Å². The summed E-state index contributed by atoms with van der Waals surface area (Å²) in [5, 5.41) is 3.26. The second kappa shape index (κ2) is 6.50. The third-order valence-electron chi connectivity index (χ3n) is 3.10. The Hall–Kier alpha value is -2.86. The number of benzene rings is 1. The second-order valence-electron chi connectivity index (χ2n) is 4.77. The summed E-state index contributed by atoms with van der Waals surface area (Å²) in [6.07, 6.45) is 2.82. The molecule has 0 aliphatic rings. The Balaban J connectivity index is 1.71. The molecule has 23 heavy (non-hydrogen) atoms. The van der Waals surface area contributed by atoms with Gasteiger partial charge in [-0.1, -0.05) is 11.6 Å². The molecule has 2 aromatic heterocycles. The van der Waals surface area contributed by atoms with E-state index in [1.54, 1.807) is 36.4 Å². The van der Waals surface area contributed by atoms with Crippen molar-refractivity contribution in [2.75, 3.05) is 5.32 Å². The van der Waals surface area contributed by atoms with Gasteiger partial charge in [0.05, 0.1) is 12.6 Å². The molecule has 0 aliphatic heterocycles. The molecule has 1 amide bonds. The minimum absolute atomic E-state index is 0.132. The molecule has 6 nitrogen and oxygen atoms in total. The molecule has 1 N–H and O–H groups in total. The number of rotatable bonds is 4. The molecule has 7 heteroatoms. The summed E-state index contributed by atoms with van der Waals surface area (Å²) in [7, 11) is 0. The number of furan rings is 1. The molecule has 3 rings (SSSR count). The Morgan fingerprint density at radius 1 is 1.26 bits per heavy atom. The van der Waals surface area contributed by atoms with E-state index < -0.39 is 0 Å². The van der Waals surface area contributed by atoms with Crippen molar-refractivity contribution < 1.29 is 9.21 Å². The molecular weight excluding hydrogens is 318 g/mol. The molecule has 0 aliphatic carbocycles. The van der Waals surface area contributed by atoms with Crippen LogP contribution < -0.4 is 10.9 Å². The first-order valence-corrected chi connectivity index (χ1v) is 7.15. The molecule has 0 saturated carbocycles. The maximum absolute atomic E-state index is 12.1. The van der Waals surface area contributed by atoms with Gasteiger partial charge in [0, 0.05) is 16.8 Å². The van der Waals surface area contributed by atoms with Gasteiger partial charge in [-0.05, 0) is 36.4 Å². The van der Waals surface area contributed by atoms with Crippen molar-refractivity contribution in [2.45, 2.75) is 6.54 Å². The summed E-state index contributed by atoms with van der Waals surface area (Å²) in [5.74, 6) is 0.168. The van der Waals surface area contributed by atoms with Gasteiger partial charge in [-0.25, -0.2) is 4.98 Å². The van der Waals surface area contributed by atoms with Crippen molar-refractivity contribution in [1.82, 2.24) is 9.55 Å². The Morgan fingerprint density at radius 2 is 2.04 bits per heavy atom. The van der Waals surface area contributed by atoms with Crippen molar-refractivity contribution in [3.8, 4) is 11.5 Å². The van der Waals surface area contributed by atoms with Crippen LogP contribution in [0.4, 0.5) is 5.69 Å². The summed E-state index contributed by atoms with van der Waals surface area (Å²) < 4.78 is 6.40. The maximum atomic E-state index is 12.1. The van der Waals surface area contributed by atoms with Crippen LogP contribution in [0.5, 0.6) is 0 Å². The van der Waals surface area contributed by atoms with Crippen molar-refractivity contribution in [1.29, 1.82) is 0 Å². The average Bonchev–Trinajstić information content (AvgIpc) is 3.06. The Morgan fingerprint density at radius 3 is 2.70 bits per heavy atom. The first-order valence-electron chi connectivity index (χ1n) is 6.77. The van der Waals surface area contributed by atoms with Gasteiger partial charge in [0.15, 0.2) is 5.76 Å². The molecular formula is C16H12ClN3O3.